The van der Waals surface area contributed by atoms with Gasteiger partial charge in [0.25, 0.3) is 0 Å². The number of sulfonamides is 1. The van der Waals surface area contributed by atoms with Gasteiger partial charge in [-0.05, 0) is 19.0 Å². The van der Waals surface area contributed by atoms with E-state index in [9.17, 15) is 8.42 Å². The van der Waals surface area contributed by atoms with Crippen molar-refractivity contribution in [2.24, 2.45) is 0 Å². The molecule has 1 fully saturated rings. The van der Waals surface area contributed by atoms with Crippen LogP contribution < -0.4 is 5.32 Å². The number of nitrogens with zero attached hydrogens (tertiary/aromatic N) is 3. The highest BCUT2D eigenvalue weighted by Crippen LogP contribution is 2.23. The minimum absolute atomic E-state index is 0.256. The molecule has 0 radical (unpaired) electrons. The Morgan fingerprint density at radius 1 is 1.30 bits per heavy atom. The first-order valence-corrected chi connectivity index (χ1v) is 8.38. The molecule has 7 heteroatoms. The summed E-state index contributed by atoms with van der Waals surface area (Å²) in [6.07, 6.45) is 4.10. The molecule has 20 heavy (non-hydrogen) atoms. The molecule has 1 N–H and O–H groups in total. The molecular weight excluding hydrogens is 276 g/mol. The number of hydrogen-bond acceptors (Lipinski definition) is 5. The number of nitrogens with one attached hydrogen (secondary N) is 1. The van der Waals surface area contributed by atoms with Gasteiger partial charge < -0.3 is 10.2 Å². The summed E-state index contributed by atoms with van der Waals surface area (Å²) in [5.41, 5.74) is 0.594. The van der Waals surface area contributed by atoms with Crippen molar-refractivity contribution in [3.05, 3.63) is 18.5 Å². The van der Waals surface area contributed by atoms with E-state index < -0.39 is 10.0 Å². The van der Waals surface area contributed by atoms with E-state index >= 15 is 0 Å². The molecule has 1 aromatic rings. The maximum atomic E-state index is 12.7. The maximum Gasteiger partial charge on any atom is 0.246 e. The lowest BCUT2D eigenvalue weighted by molar-refractivity contribution is 0.188. The van der Waals surface area contributed by atoms with Crippen LogP contribution in [0.5, 0.6) is 0 Å². The second kappa shape index (κ2) is 6.51. The number of pyridine rings is 1. The highest BCUT2D eigenvalue weighted by atomic mass is 32.2. The zero-order chi connectivity index (χ0) is 14.6. The molecule has 0 spiro atoms. The Labute approximate surface area is 120 Å². The summed E-state index contributed by atoms with van der Waals surface area (Å²) in [5.74, 6) is 0. The predicted molar refractivity (Wildman–Crippen MR) is 79.3 cm³/mol. The molecule has 1 aromatic heterocycles. The Kier molecular flexibility index (Phi) is 4.95. The second-order valence-electron chi connectivity index (χ2n) is 4.87. The molecule has 112 valence electrons. The number of hydrogen-bond donors (Lipinski definition) is 1. The molecule has 0 atom stereocenters. The summed E-state index contributed by atoms with van der Waals surface area (Å²) in [6, 6.07) is 1.68. The van der Waals surface area contributed by atoms with Crippen molar-refractivity contribution in [2.45, 2.75) is 18.2 Å². The summed E-state index contributed by atoms with van der Waals surface area (Å²) in [7, 11) is -1.75. The quantitative estimate of drug-likeness (QED) is 0.872. The van der Waals surface area contributed by atoms with Crippen molar-refractivity contribution in [2.75, 3.05) is 45.1 Å². The number of anilines is 1. The van der Waals surface area contributed by atoms with Crippen LogP contribution in [0.3, 0.4) is 0 Å². The van der Waals surface area contributed by atoms with E-state index in [0.29, 0.717) is 18.8 Å². The van der Waals surface area contributed by atoms with Gasteiger partial charge in [0.1, 0.15) is 4.90 Å². The fraction of sp³-hybridized carbons (Fsp3) is 0.615. The molecule has 2 rings (SSSR count). The van der Waals surface area contributed by atoms with Gasteiger partial charge in [0, 0.05) is 45.6 Å². The molecule has 2 heterocycles. The summed E-state index contributed by atoms with van der Waals surface area (Å²) >= 11 is 0. The van der Waals surface area contributed by atoms with Crippen LogP contribution in [0.25, 0.3) is 0 Å². The first-order chi connectivity index (χ1) is 9.59. The lowest BCUT2D eigenvalue weighted by atomic mass is 10.3. The van der Waals surface area contributed by atoms with Crippen LogP contribution in [0.1, 0.15) is 13.3 Å². The molecule has 1 saturated heterocycles. The van der Waals surface area contributed by atoms with Crippen LogP contribution in [0.2, 0.25) is 0 Å². The van der Waals surface area contributed by atoms with Crippen molar-refractivity contribution in [1.82, 2.24) is 14.2 Å². The summed E-state index contributed by atoms with van der Waals surface area (Å²) in [4.78, 5) is 6.50. The Bertz CT molecular complexity index is 539. The third-order valence-corrected chi connectivity index (χ3v) is 5.47. The summed E-state index contributed by atoms with van der Waals surface area (Å²) < 4.78 is 26.9. The van der Waals surface area contributed by atoms with Gasteiger partial charge in [0.2, 0.25) is 10.0 Å². The largest absolute Gasteiger partial charge is 0.387 e. The van der Waals surface area contributed by atoms with Crippen LogP contribution in [-0.2, 0) is 10.0 Å². The number of aromatic nitrogens is 1. The van der Waals surface area contributed by atoms with Gasteiger partial charge in [0.15, 0.2) is 0 Å². The van der Waals surface area contributed by atoms with E-state index in [4.69, 9.17) is 0 Å². The number of rotatable bonds is 5. The van der Waals surface area contributed by atoms with Crippen LogP contribution in [0, 0.1) is 0 Å². The van der Waals surface area contributed by atoms with Gasteiger partial charge >= 0.3 is 0 Å². The molecular formula is C13H22N4O2S. The SMILES string of the molecule is CCCN1CCN(S(=O)(=O)c2cnccc2NC)CC1. The minimum atomic E-state index is -3.46. The molecule has 1 aliphatic rings. The van der Waals surface area contributed by atoms with Gasteiger partial charge in [-0.25, -0.2) is 8.42 Å². The molecule has 1 aliphatic heterocycles. The highest BCUT2D eigenvalue weighted by Gasteiger charge is 2.30. The smallest absolute Gasteiger partial charge is 0.246 e. The average molecular weight is 298 g/mol. The lowest BCUT2D eigenvalue weighted by Crippen LogP contribution is -2.48. The van der Waals surface area contributed by atoms with E-state index in [2.05, 4.69) is 22.1 Å². The summed E-state index contributed by atoms with van der Waals surface area (Å²) in [6.45, 7) is 5.84. The van der Waals surface area contributed by atoms with Gasteiger partial charge in [-0.2, -0.15) is 4.31 Å². The Morgan fingerprint density at radius 2 is 2.00 bits per heavy atom. The van der Waals surface area contributed by atoms with E-state index in [1.165, 1.54) is 6.20 Å². The highest BCUT2D eigenvalue weighted by molar-refractivity contribution is 7.89. The summed E-state index contributed by atoms with van der Waals surface area (Å²) in [5, 5.41) is 2.91. The standard InChI is InChI=1S/C13H22N4O2S/c1-3-6-16-7-9-17(10-8-16)20(18,19)13-11-15-5-4-12(13)14-2/h4-5,11H,3,6-10H2,1-2H3,(H,14,15). The Morgan fingerprint density at radius 3 is 2.60 bits per heavy atom. The molecule has 0 unspecified atom stereocenters. The van der Waals surface area contributed by atoms with E-state index in [-0.39, 0.29) is 4.90 Å². The monoisotopic (exact) mass is 298 g/mol. The van der Waals surface area contributed by atoms with E-state index in [1.807, 2.05) is 0 Å². The third kappa shape index (κ3) is 3.11. The molecule has 0 bridgehead atoms. The first-order valence-electron chi connectivity index (χ1n) is 6.94. The van der Waals surface area contributed by atoms with E-state index in [0.717, 1.165) is 26.1 Å². The normalized spacial score (nSPS) is 18.1. The average Bonchev–Trinajstić information content (AvgIpc) is 2.48. The zero-order valence-corrected chi connectivity index (χ0v) is 12.9. The van der Waals surface area contributed by atoms with Crippen molar-refractivity contribution < 1.29 is 8.42 Å². The number of piperazine rings is 1. The second-order valence-corrected chi connectivity index (χ2v) is 6.77. The lowest BCUT2D eigenvalue weighted by Gasteiger charge is -2.33. The van der Waals surface area contributed by atoms with Crippen LogP contribution in [-0.4, -0.2) is 62.4 Å². The maximum absolute atomic E-state index is 12.7. The first kappa shape index (κ1) is 15.2. The molecule has 0 saturated carbocycles. The molecule has 6 nitrogen and oxygen atoms in total. The Hall–Kier alpha value is -1.18. The fourth-order valence-electron chi connectivity index (χ4n) is 2.44. The predicted octanol–water partition coefficient (Wildman–Crippen LogP) is 0.840. The van der Waals surface area contributed by atoms with Crippen molar-refractivity contribution in [3.8, 4) is 0 Å². The van der Waals surface area contributed by atoms with Crippen molar-refractivity contribution in [3.63, 3.8) is 0 Å². The van der Waals surface area contributed by atoms with Crippen LogP contribution >= 0.6 is 0 Å². The van der Waals surface area contributed by atoms with Crippen molar-refractivity contribution >= 4 is 15.7 Å². The van der Waals surface area contributed by atoms with Crippen molar-refractivity contribution in [1.29, 1.82) is 0 Å². The van der Waals surface area contributed by atoms with Gasteiger partial charge in [-0.1, -0.05) is 6.92 Å². The van der Waals surface area contributed by atoms with Gasteiger partial charge in [-0.3, -0.25) is 4.98 Å². The van der Waals surface area contributed by atoms with Crippen LogP contribution in [0.4, 0.5) is 5.69 Å². The Balaban J connectivity index is 2.16. The topological polar surface area (TPSA) is 65.5 Å². The fourth-order valence-corrected chi connectivity index (χ4v) is 4.01. The minimum Gasteiger partial charge on any atom is -0.387 e. The van der Waals surface area contributed by atoms with Crippen LogP contribution in [0.15, 0.2) is 23.4 Å². The molecule has 0 aliphatic carbocycles. The zero-order valence-electron chi connectivity index (χ0n) is 12.0. The third-order valence-electron chi connectivity index (χ3n) is 3.54. The molecule has 0 aromatic carbocycles. The molecule has 0 amide bonds. The van der Waals surface area contributed by atoms with E-state index in [1.54, 1.807) is 23.6 Å². The van der Waals surface area contributed by atoms with Gasteiger partial charge in [0.05, 0.1) is 5.69 Å². The van der Waals surface area contributed by atoms with Gasteiger partial charge in [-0.15, -0.1) is 0 Å².